The minimum atomic E-state index is 0.383. The zero-order chi connectivity index (χ0) is 19.9. The maximum Gasteiger partial charge on any atom is 0.133 e. The number of Topliss-reactive ketones (excluding diaryl/α,β-unsaturated/α-hetero) is 1. The van der Waals surface area contributed by atoms with Gasteiger partial charge in [0.2, 0.25) is 0 Å². The number of unbranched alkanes of at least 4 members (excludes halogenated alkanes) is 2. The van der Waals surface area contributed by atoms with Gasteiger partial charge in [0, 0.05) is 26.0 Å². The predicted octanol–water partition coefficient (Wildman–Crippen LogP) is 4.42. The predicted molar refractivity (Wildman–Crippen MR) is 107 cm³/mol. The van der Waals surface area contributed by atoms with Gasteiger partial charge in [-0.2, -0.15) is 0 Å². The summed E-state index contributed by atoms with van der Waals surface area (Å²) in [5.74, 6) is 1.58. The second-order valence-electron chi connectivity index (χ2n) is 8.12. The monoisotopic (exact) mass is 381 g/mol. The molecule has 0 aliphatic rings. The van der Waals surface area contributed by atoms with E-state index in [0.717, 1.165) is 50.4 Å². The van der Waals surface area contributed by atoms with Gasteiger partial charge < -0.3 is 9.47 Å². The third-order valence-corrected chi connectivity index (χ3v) is 4.26. The van der Waals surface area contributed by atoms with E-state index in [9.17, 15) is 4.79 Å². The molecular weight excluding hydrogens is 342 g/mol. The van der Waals surface area contributed by atoms with E-state index < -0.39 is 0 Å². The van der Waals surface area contributed by atoms with E-state index in [0.29, 0.717) is 44.4 Å². The Bertz CT molecular complexity index is 501. The van der Waals surface area contributed by atoms with Crippen molar-refractivity contribution in [1.29, 1.82) is 0 Å². The van der Waals surface area contributed by atoms with Gasteiger partial charge in [-0.25, -0.2) is 0 Å². The number of aromatic nitrogens is 3. The molecule has 0 saturated carbocycles. The lowest BCUT2D eigenvalue weighted by Crippen LogP contribution is -2.06. The number of ketones is 1. The summed E-state index contributed by atoms with van der Waals surface area (Å²) in [7, 11) is 0. The highest BCUT2D eigenvalue weighted by Crippen LogP contribution is 2.08. The first-order valence-corrected chi connectivity index (χ1v) is 10.5. The second kappa shape index (κ2) is 14.7. The van der Waals surface area contributed by atoms with Gasteiger partial charge in [-0.3, -0.25) is 9.48 Å². The van der Waals surface area contributed by atoms with Crippen molar-refractivity contribution in [2.75, 3.05) is 19.8 Å². The summed E-state index contributed by atoms with van der Waals surface area (Å²) in [6.45, 7) is 12.0. The average Bonchev–Trinajstić information content (AvgIpc) is 3.03. The Balaban J connectivity index is 2.00. The molecule has 0 bridgehead atoms. The summed E-state index contributed by atoms with van der Waals surface area (Å²) < 4.78 is 13.0. The number of nitrogens with zero attached hydrogens (tertiary/aromatic N) is 3. The molecule has 0 radical (unpaired) electrons. The van der Waals surface area contributed by atoms with Crippen LogP contribution in [0.4, 0.5) is 0 Å². The van der Waals surface area contributed by atoms with Crippen LogP contribution in [0, 0.1) is 11.8 Å². The highest BCUT2D eigenvalue weighted by atomic mass is 16.5. The van der Waals surface area contributed by atoms with E-state index >= 15 is 0 Å². The first-order chi connectivity index (χ1) is 13.0. The Morgan fingerprint density at radius 3 is 2.52 bits per heavy atom. The third-order valence-electron chi connectivity index (χ3n) is 4.26. The number of aryl methyl sites for hydroxylation is 1. The summed E-state index contributed by atoms with van der Waals surface area (Å²) in [5, 5.41) is 8.27. The van der Waals surface area contributed by atoms with Crippen LogP contribution in [0.1, 0.15) is 78.3 Å². The zero-order valence-electron chi connectivity index (χ0n) is 17.8. The molecule has 0 unspecified atom stereocenters. The fraction of sp³-hybridized carbons (Fsp3) is 0.857. The van der Waals surface area contributed by atoms with Crippen molar-refractivity contribution in [3.05, 3.63) is 11.9 Å². The van der Waals surface area contributed by atoms with Crippen LogP contribution in [-0.2, 0) is 27.4 Å². The Morgan fingerprint density at radius 2 is 1.78 bits per heavy atom. The highest BCUT2D eigenvalue weighted by molar-refractivity contribution is 5.78. The van der Waals surface area contributed by atoms with Crippen LogP contribution < -0.4 is 0 Å². The van der Waals surface area contributed by atoms with Crippen molar-refractivity contribution in [1.82, 2.24) is 15.0 Å². The molecule has 0 spiro atoms. The van der Waals surface area contributed by atoms with Gasteiger partial charge in [-0.15, -0.1) is 5.10 Å². The fourth-order valence-corrected chi connectivity index (χ4v) is 2.83. The van der Waals surface area contributed by atoms with Crippen molar-refractivity contribution < 1.29 is 14.3 Å². The van der Waals surface area contributed by atoms with Gasteiger partial charge in [-0.1, -0.05) is 39.3 Å². The first kappa shape index (κ1) is 23.8. The second-order valence-corrected chi connectivity index (χ2v) is 8.12. The van der Waals surface area contributed by atoms with Gasteiger partial charge in [-0.05, 0) is 37.5 Å². The van der Waals surface area contributed by atoms with Crippen LogP contribution in [-0.4, -0.2) is 40.6 Å². The van der Waals surface area contributed by atoms with E-state index in [1.165, 1.54) is 6.42 Å². The summed E-state index contributed by atoms with van der Waals surface area (Å²) in [4.78, 5) is 11.7. The quantitative estimate of drug-likeness (QED) is 0.374. The third kappa shape index (κ3) is 13.5. The van der Waals surface area contributed by atoms with E-state index in [1.54, 1.807) is 0 Å². The smallest absolute Gasteiger partial charge is 0.133 e. The van der Waals surface area contributed by atoms with E-state index in [-0.39, 0.29) is 0 Å². The molecule has 0 aromatic carbocycles. The van der Waals surface area contributed by atoms with Gasteiger partial charge >= 0.3 is 0 Å². The van der Waals surface area contributed by atoms with Crippen LogP contribution in [0.15, 0.2) is 6.20 Å². The molecule has 0 fully saturated rings. The normalized spacial score (nSPS) is 11.6. The number of ether oxygens (including phenoxy) is 2. The van der Waals surface area contributed by atoms with Crippen LogP contribution in [0.25, 0.3) is 0 Å². The first-order valence-electron chi connectivity index (χ1n) is 10.5. The Morgan fingerprint density at radius 1 is 1.00 bits per heavy atom. The number of hydrogen-bond donors (Lipinski definition) is 0. The molecule has 156 valence electrons. The minimum absolute atomic E-state index is 0.383. The number of carbonyl (C=O) groups is 1. The molecule has 1 aromatic rings. The molecule has 0 aliphatic carbocycles. The van der Waals surface area contributed by atoms with E-state index in [2.05, 4.69) is 38.0 Å². The van der Waals surface area contributed by atoms with Gasteiger partial charge in [0.15, 0.2) is 0 Å². The van der Waals surface area contributed by atoms with Crippen molar-refractivity contribution >= 4 is 5.78 Å². The van der Waals surface area contributed by atoms with Gasteiger partial charge in [0.05, 0.1) is 26.0 Å². The topological polar surface area (TPSA) is 66.2 Å². The lowest BCUT2D eigenvalue weighted by Gasteiger charge is -2.06. The summed E-state index contributed by atoms with van der Waals surface area (Å²) in [6, 6.07) is 0. The van der Waals surface area contributed by atoms with Crippen LogP contribution in [0.5, 0.6) is 0 Å². The lowest BCUT2D eigenvalue weighted by molar-refractivity contribution is -0.119. The van der Waals surface area contributed by atoms with E-state index in [1.807, 2.05) is 10.9 Å². The fourth-order valence-electron chi connectivity index (χ4n) is 2.83. The lowest BCUT2D eigenvalue weighted by atomic mass is 10.0. The summed E-state index contributed by atoms with van der Waals surface area (Å²) in [5.41, 5.74) is 0.849. The molecular formula is C21H39N3O3. The standard InChI is InChI=1S/C21H39N3O3/c1-18(2)9-8-12-26-13-14-27-17-20-16-24(23-22-20)11-7-5-6-10-21(25)15-19(3)4/h16,18-19H,5-15,17H2,1-4H3. The zero-order valence-corrected chi connectivity index (χ0v) is 17.8. The molecule has 0 aliphatic heterocycles. The minimum Gasteiger partial charge on any atom is -0.379 e. The molecule has 1 heterocycles. The highest BCUT2D eigenvalue weighted by Gasteiger charge is 2.05. The molecule has 0 N–H and O–H groups in total. The largest absolute Gasteiger partial charge is 0.379 e. The number of hydrogen-bond acceptors (Lipinski definition) is 5. The molecule has 0 saturated heterocycles. The van der Waals surface area contributed by atoms with E-state index in [4.69, 9.17) is 9.47 Å². The SMILES string of the molecule is CC(C)CCCOCCOCc1cn(CCCCCC(=O)CC(C)C)nn1. The van der Waals surface area contributed by atoms with Crippen LogP contribution in [0.3, 0.4) is 0 Å². The van der Waals surface area contributed by atoms with Crippen molar-refractivity contribution in [2.45, 2.75) is 85.8 Å². The number of carbonyl (C=O) groups excluding carboxylic acids is 1. The molecule has 27 heavy (non-hydrogen) atoms. The summed E-state index contributed by atoms with van der Waals surface area (Å²) >= 11 is 0. The molecule has 6 heteroatoms. The maximum atomic E-state index is 11.7. The molecule has 1 aromatic heterocycles. The van der Waals surface area contributed by atoms with Crippen LogP contribution >= 0.6 is 0 Å². The van der Waals surface area contributed by atoms with Crippen molar-refractivity contribution in [3.63, 3.8) is 0 Å². The average molecular weight is 382 g/mol. The number of rotatable bonds is 17. The maximum absolute atomic E-state index is 11.7. The summed E-state index contributed by atoms with van der Waals surface area (Å²) in [6.07, 6.45) is 8.69. The molecule has 0 atom stereocenters. The Labute approximate surface area is 165 Å². The van der Waals surface area contributed by atoms with Crippen molar-refractivity contribution in [3.8, 4) is 0 Å². The van der Waals surface area contributed by atoms with Crippen molar-refractivity contribution in [2.24, 2.45) is 11.8 Å². The molecule has 1 rings (SSSR count). The van der Waals surface area contributed by atoms with Gasteiger partial charge in [0.25, 0.3) is 0 Å². The van der Waals surface area contributed by atoms with Gasteiger partial charge in [0.1, 0.15) is 11.5 Å². The molecule has 6 nitrogen and oxygen atoms in total. The Kier molecular flexibility index (Phi) is 13.0. The molecule has 0 amide bonds. The van der Waals surface area contributed by atoms with Crippen LogP contribution in [0.2, 0.25) is 0 Å². The Hall–Kier alpha value is -1.27.